The molecule has 0 unspecified atom stereocenters. The Balaban J connectivity index is 1.79. The molecule has 0 aromatic carbocycles. The molecule has 2 rings (SSSR count). The van der Waals surface area contributed by atoms with Gasteiger partial charge in [0, 0.05) is 33.1 Å². The van der Waals surface area contributed by atoms with E-state index in [0.717, 1.165) is 12.8 Å². The number of carbonyl (C=O) groups is 1. The van der Waals surface area contributed by atoms with Gasteiger partial charge in [-0.2, -0.15) is 4.98 Å². The number of rotatable bonds is 7. The first kappa shape index (κ1) is 20.6. The summed E-state index contributed by atoms with van der Waals surface area (Å²) in [5.41, 5.74) is 0. The van der Waals surface area contributed by atoms with Gasteiger partial charge in [0.1, 0.15) is 0 Å². The van der Waals surface area contributed by atoms with Gasteiger partial charge < -0.3 is 14.7 Å². The van der Waals surface area contributed by atoms with Crippen molar-refractivity contribution in [3.63, 3.8) is 0 Å². The SMILES string of the molecule is CC(C)Cc1nc(CN(C)C(=O)NC[C@H]2CCCN(S(C)(=O)=O)C2)no1. The molecule has 0 spiro atoms. The number of hydrogen-bond donors (Lipinski definition) is 1. The minimum Gasteiger partial charge on any atom is -0.339 e. The van der Waals surface area contributed by atoms with E-state index in [1.165, 1.54) is 15.5 Å². The zero-order valence-electron chi connectivity index (χ0n) is 15.9. The Kier molecular flexibility index (Phi) is 6.99. The van der Waals surface area contributed by atoms with Crippen molar-refractivity contribution in [2.75, 3.05) is 32.9 Å². The van der Waals surface area contributed by atoms with Crippen molar-refractivity contribution in [2.24, 2.45) is 11.8 Å². The Morgan fingerprint density at radius 3 is 2.85 bits per heavy atom. The summed E-state index contributed by atoms with van der Waals surface area (Å²) < 4.78 is 30.0. The van der Waals surface area contributed by atoms with Crippen LogP contribution in [0.25, 0.3) is 0 Å². The lowest BCUT2D eigenvalue weighted by Crippen LogP contribution is -2.45. The Morgan fingerprint density at radius 2 is 2.19 bits per heavy atom. The second kappa shape index (κ2) is 8.81. The van der Waals surface area contributed by atoms with Crippen molar-refractivity contribution in [3.05, 3.63) is 11.7 Å². The highest BCUT2D eigenvalue weighted by Gasteiger charge is 2.26. The molecule has 1 atom stereocenters. The zero-order chi connectivity index (χ0) is 19.3. The molecule has 148 valence electrons. The summed E-state index contributed by atoms with van der Waals surface area (Å²) in [7, 11) is -1.51. The van der Waals surface area contributed by atoms with Crippen LogP contribution in [-0.4, -0.2) is 66.7 Å². The molecule has 26 heavy (non-hydrogen) atoms. The van der Waals surface area contributed by atoms with E-state index in [1.807, 2.05) is 0 Å². The van der Waals surface area contributed by atoms with E-state index in [2.05, 4.69) is 29.3 Å². The second-order valence-corrected chi connectivity index (χ2v) is 9.36. The van der Waals surface area contributed by atoms with E-state index in [9.17, 15) is 13.2 Å². The molecule has 0 radical (unpaired) electrons. The van der Waals surface area contributed by atoms with Crippen LogP contribution < -0.4 is 5.32 Å². The van der Waals surface area contributed by atoms with Crippen molar-refractivity contribution in [2.45, 2.75) is 39.7 Å². The standard InChI is InChI=1S/C16H29N5O4S/c1-12(2)8-15-18-14(19-25-15)11-20(3)16(22)17-9-13-6-5-7-21(10-13)26(4,23)24/h12-13H,5-11H2,1-4H3,(H,17,22)/t13-/m1/s1. The first-order chi connectivity index (χ1) is 12.1. The minimum absolute atomic E-state index is 0.124. The highest BCUT2D eigenvalue weighted by Crippen LogP contribution is 2.18. The van der Waals surface area contributed by atoms with Crippen LogP contribution in [0.2, 0.25) is 0 Å². The highest BCUT2D eigenvalue weighted by molar-refractivity contribution is 7.88. The third-order valence-corrected chi connectivity index (χ3v) is 5.58. The van der Waals surface area contributed by atoms with E-state index >= 15 is 0 Å². The number of urea groups is 1. The Labute approximate surface area is 155 Å². The van der Waals surface area contributed by atoms with E-state index < -0.39 is 10.0 Å². The van der Waals surface area contributed by atoms with Crippen LogP contribution >= 0.6 is 0 Å². The topological polar surface area (TPSA) is 109 Å². The molecule has 1 N–H and O–H groups in total. The third-order valence-electron chi connectivity index (χ3n) is 4.31. The summed E-state index contributed by atoms with van der Waals surface area (Å²) in [5, 5.41) is 6.76. The first-order valence-electron chi connectivity index (χ1n) is 8.90. The largest absolute Gasteiger partial charge is 0.339 e. The molecule has 10 heteroatoms. The molecule has 1 aromatic heterocycles. The van der Waals surface area contributed by atoms with Gasteiger partial charge in [0.15, 0.2) is 5.82 Å². The molecule has 1 aromatic rings. The molecule has 1 saturated heterocycles. The second-order valence-electron chi connectivity index (χ2n) is 7.37. The zero-order valence-corrected chi connectivity index (χ0v) is 16.8. The lowest BCUT2D eigenvalue weighted by molar-refractivity contribution is 0.198. The number of hydrogen-bond acceptors (Lipinski definition) is 6. The van der Waals surface area contributed by atoms with Gasteiger partial charge >= 0.3 is 6.03 Å². The van der Waals surface area contributed by atoms with Crippen LogP contribution in [0.15, 0.2) is 4.52 Å². The fraction of sp³-hybridized carbons (Fsp3) is 0.812. The minimum atomic E-state index is -3.18. The fourth-order valence-electron chi connectivity index (χ4n) is 2.93. The van der Waals surface area contributed by atoms with Crippen LogP contribution in [0.4, 0.5) is 4.79 Å². The summed E-state index contributed by atoms with van der Waals surface area (Å²) in [6.07, 6.45) is 3.64. The molecule has 1 aliphatic heterocycles. The molecule has 2 amide bonds. The first-order valence-corrected chi connectivity index (χ1v) is 10.8. The normalized spacial score (nSPS) is 18.9. The number of nitrogens with one attached hydrogen (secondary N) is 1. The van der Waals surface area contributed by atoms with Crippen LogP contribution in [0.5, 0.6) is 0 Å². The molecular formula is C16H29N5O4S. The predicted octanol–water partition coefficient (Wildman–Crippen LogP) is 1.08. The highest BCUT2D eigenvalue weighted by atomic mass is 32.2. The monoisotopic (exact) mass is 387 g/mol. The van der Waals surface area contributed by atoms with Crippen molar-refractivity contribution >= 4 is 16.1 Å². The molecule has 9 nitrogen and oxygen atoms in total. The molecule has 0 bridgehead atoms. The third kappa shape index (κ3) is 6.24. The summed E-state index contributed by atoms with van der Waals surface area (Å²) in [4.78, 5) is 18.0. The lowest BCUT2D eigenvalue weighted by atomic mass is 10.00. The number of piperidine rings is 1. The molecular weight excluding hydrogens is 358 g/mol. The number of amides is 2. The van der Waals surface area contributed by atoms with Gasteiger partial charge in [-0.05, 0) is 24.7 Å². The van der Waals surface area contributed by atoms with Gasteiger partial charge in [-0.3, -0.25) is 0 Å². The molecule has 1 aliphatic rings. The summed E-state index contributed by atoms with van der Waals surface area (Å²) in [5.74, 6) is 1.59. The van der Waals surface area contributed by atoms with E-state index in [0.29, 0.717) is 43.7 Å². The maximum Gasteiger partial charge on any atom is 0.317 e. The van der Waals surface area contributed by atoms with Gasteiger partial charge in [-0.25, -0.2) is 17.5 Å². The van der Waals surface area contributed by atoms with Crippen molar-refractivity contribution in [3.8, 4) is 0 Å². The maximum atomic E-state index is 12.2. The molecule has 1 fully saturated rings. The molecule has 0 aliphatic carbocycles. The van der Waals surface area contributed by atoms with Crippen LogP contribution in [-0.2, 0) is 23.0 Å². The summed E-state index contributed by atoms with van der Waals surface area (Å²) >= 11 is 0. The quantitative estimate of drug-likeness (QED) is 0.750. The Morgan fingerprint density at radius 1 is 1.46 bits per heavy atom. The Hall–Kier alpha value is -1.68. The Bertz CT molecular complexity index is 703. The summed E-state index contributed by atoms with van der Waals surface area (Å²) in [6, 6.07) is -0.239. The molecule has 0 saturated carbocycles. The number of nitrogens with zero attached hydrogens (tertiary/aromatic N) is 4. The van der Waals surface area contributed by atoms with E-state index in [4.69, 9.17) is 4.52 Å². The van der Waals surface area contributed by atoms with Crippen molar-refractivity contribution in [1.82, 2.24) is 24.7 Å². The fourth-order valence-corrected chi connectivity index (χ4v) is 3.87. The van der Waals surface area contributed by atoms with Gasteiger partial charge in [0.25, 0.3) is 0 Å². The summed E-state index contributed by atoms with van der Waals surface area (Å²) in [6.45, 7) is 5.85. The van der Waals surface area contributed by atoms with Gasteiger partial charge in [0.05, 0.1) is 12.8 Å². The number of sulfonamides is 1. The van der Waals surface area contributed by atoms with Crippen molar-refractivity contribution < 1.29 is 17.7 Å². The maximum absolute atomic E-state index is 12.2. The van der Waals surface area contributed by atoms with Gasteiger partial charge in [-0.1, -0.05) is 19.0 Å². The van der Waals surface area contributed by atoms with Crippen LogP contribution in [0.3, 0.4) is 0 Å². The van der Waals surface area contributed by atoms with Crippen molar-refractivity contribution in [1.29, 1.82) is 0 Å². The smallest absolute Gasteiger partial charge is 0.317 e. The lowest BCUT2D eigenvalue weighted by Gasteiger charge is -2.31. The predicted molar refractivity (Wildman–Crippen MR) is 96.8 cm³/mol. The number of carbonyl (C=O) groups excluding carboxylic acids is 1. The van der Waals surface area contributed by atoms with Gasteiger partial charge in [0.2, 0.25) is 15.9 Å². The average Bonchev–Trinajstić information content (AvgIpc) is 2.98. The van der Waals surface area contributed by atoms with Crippen LogP contribution in [0, 0.1) is 11.8 Å². The number of aromatic nitrogens is 2. The van der Waals surface area contributed by atoms with Gasteiger partial charge in [-0.15, -0.1) is 0 Å². The molecule has 2 heterocycles. The van der Waals surface area contributed by atoms with E-state index in [-0.39, 0.29) is 18.5 Å². The van der Waals surface area contributed by atoms with Crippen LogP contribution in [0.1, 0.15) is 38.4 Å². The average molecular weight is 388 g/mol. The van der Waals surface area contributed by atoms with E-state index in [1.54, 1.807) is 7.05 Å².